The number of aliphatic carboxylic acids is 1. The lowest BCUT2D eigenvalue weighted by Crippen LogP contribution is -2.07. The number of carboxylic acids is 1. The van der Waals surface area contributed by atoms with Crippen LogP contribution in [0, 0.1) is 6.92 Å². The molecule has 17 heavy (non-hydrogen) atoms. The minimum Gasteiger partial charge on any atom is -0.478 e. The molecule has 1 unspecified atom stereocenters. The van der Waals surface area contributed by atoms with E-state index in [1.54, 1.807) is 25.1 Å². The molecule has 0 aliphatic carbocycles. The summed E-state index contributed by atoms with van der Waals surface area (Å²) in [6.07, 6.45) is 2.46. The van der Waals surface area contributed by atoms with Crippen LogP contribution in [0.2, 0.25) is 0 Å². The van der Waals surface area contributed by atoms with Crippen LogP contribution in [0.4, 0.5) is 0 Å². The Morgan fingerprint density at radius 1 is 1.59 bits per heavy atom. The standard InChI is InChI=1S/C12H12N2O3/c1-7-14-10-6-8(2-4-11(10)17-7)9(13)3-5-12(15)16/h2-6,9H,13H2,1H3,(H,15,16)/b5-3+. The van der Waals surface area contributed by atoms with Gasteiger partial charge in [0.2, 0.25) is 0 Å². The van der Waals surface area contributed by atoms with Gasteiger partial charge in [-0.15, -0.1) is 0 Å². The third-order valence-electron chi connectivity index (χ3n) is 2.35. The Hall–Kier alpha value is -2.14. The van der Waals surface area contributed by atoms with Crippen LogP contribution in [0.15, 0.2) is 34.8 Å². The second kappa shape index (κ2) is 4.39. The SMILES string of the molecule is Cc1nc2cc(C(N)/C=C/C(=O)O)ccc2o1. The molecule has 0 spiro atoms. The van der Waals surface area contributed by atoms with Gasteiger partial charge in [0.1, 0.15) is 5.52 Å². The van der Waals surface area contributed by atoms with Gasteiger partial charge in [-0.2, -0.15) is 0 Å². The Bertz CT molecular complexity index is 586. The van der Waals surface area contributed by atoms with Crippen molar-refractivity contribution >= 4 is 17.1 Å². The van der Waals surface area contributed by atoms with Gasteiger partial charge in [-0.1, -0.05) is 12.1 Å². The van der Waals surface area contributed by atoms with Gasteiger partial charge in [-0.3, -0.25) is 0 Å². The highest BCUT2D eigenvalue weighted by molar-refractivity contribution is 5.80. The molecule has 1 aromatic heterocycles. The molecule has 2 rings (SSSR count). The van der Waals surface area contributed by atoms with Crippen LogP contribution in [0.1, 0.15) is 17.5 Å². The molecule has 0 aliphatic rings. The monoisotopic (exact) mass is 232 g/mol. The molecule has 0 radical (unpaired) electrons. The number of hydrogen-bond donors (Lipinski definition) is 2. The lowest BCUT2D eigenvalue weighted by Gasteiger charge is -2.05. The number of nitrogens with zero attached hydrogens (tertiary/aromatic N) is 1. The quantitative estimate of drug-likeness (QED) is 0.787. The predicted octanol–water partition coefficient (Wildman–Crippen LogP) is 1.78. The Morgan fingerprint density at radius 2 is 2.35 bits per heavy atom. The van der Waals surface area contributed by atoms with Crippen molar-refractivity contribution in [2.24, 2.45) is 5.73 Å². The molecular formula is C12H12N2O3. The van der Waals surface area contributed by atoms with Crippen molar-refractivity contribution < 1.29 is 14.3 Å². The van der Waals surface area contributed by atoms with E-state index >= 15 is 0 Å². The largest absolute Gasteiger partial charge is 0.478 e. The van der Waals surface area contributed by atoms with Crippen molar-refractivity contribution in [2.45, 2.75) is 13.0 Å². The molecule has 0 saturated heterocycles. The van der Waals surface area contributed by atoms with Crippen molar-refractivity contribution in [3.05, 3.63) is 41.8 Å². The average molecular weight is 232 g/mol. The predicted molar refractivity (Wildman–Crippen MR) is 62.5 cm³/mol. The maximum Gasteiger partial charge on any atom is 0.328 e. The second-order valence-electron chi connectivity index (χ2n) is 3.68. The van der Waals surface area contributed by atoms with Crippen LogP contribution in [-0.4, -0.2) is 16.1 Å². The van der Waals surface area contributed by atoms with Gasteiger partial charge < -0.3 is 15.3 Å². The highest BCUT2D eigenvalue weighted by atomic mass is 16.4. The summed E-state index contributed by atoms with van der Waals surface area (Å²) in [7, 11) is 0. The first-order valence-corrected chi connectivity index (χ1v) is 5.10. The third kappa shape index (κ3) is 2.51. The molecule has 2 aromatic rings. The number of carboxylic acid groups (broad SMARTS) is 1. The Labute approximate surface area is 97.6 Å². The fraction of sp³-hybridized carbons (Fsp3) is 0.167. The molecule has 3 N–H and O–H groups in total. The molecule has 1 heterocycles. The molecule has 0 bridgehead atoms. The first-order chi connectivity index (χ1) is 8.06. The fourth-order valence-electron chi connectivity index (χ4n) is 1.56. The van der Waals surface area contributed by atoms with Crippen LogP contribution in [0.25, 0.3) is 11.1 Å². The number of aromatic nitrogens is 1. The summed E-state index contributed by atoms with van der Waals surface area (Å²) >= 11 is 0. The first kappa shape index (κ1) is 11.3. The van der Waals surface area contributed by atoms with E-state index in [9.17, 15) is 4.79 Å². The molecule has 1 aromatic carbocycles. The van der Waals surface area contributed by atoms with Gasteiger partial charge >= 0.3 is 5.97 Å². The summed E-state index contributed by atoms with van der Waals surface area (Å²) < 4.78 is 5.34. The lowest BCUT2D eigenvalue weighted by molar-refractivity contribution is -0.131. The van der Waals surface area contributed by atoms with Crippen LogP contribution in [-0.2, 0) is 4.79 Å². The molecule has 1 atom stereocenters. The minimum atomic E-state index is -1.01. The van der Waals surface area contributed by atoms with Gasteiger partial charge in [0.15, 0.2) is 11.5 Å². The van der Waals surface area contributed by atoms with E-state index in [4.69, 9.17) is 15.3 Å². The number of oxazole rings is 1. The summed E-state index contributed by atoms with van der Waals surface area (Å²) in [5.41, 5.74) is 8.04. The van der Waals surface area contributed by atoms with Gasteiger partial charge in [0.25, 0.3) is 0 Å². The minimum absolute atomic E-state index is 0.465. The molecule has 5 heteroatoms. The zero-order valence-corrected chi connectivity index (χ0v) is 9.25. The number of hydrogen-bond acceptors (Lipinski definition) is 4. The molecule has 88 valence electrons. The van der Waals surface area contributed by atoms with Crippen molar-refractivity contribution in [3.63, 3.8) is 0 Å². The van der Waals surface area contributed by atoms with Crippen LogP contribution >= 0.6 is 0 Å². The third-order valence-corrected chi connectivity index (χ3v) is 2.35. The average Bonchev–Trinajstić information content (AvgIpc) is 2.64. The van der Waals surface area contributed by atoms with E-state index in [0.29, 0.717) is 11.5 Å². The number of aryl methyl sites for hydroxylation is 1. The zero-order valence-electron chi connectivity index (χ0n) is 9.25. The normalized spacial score (nSPS) is 13.3. The summed E-state index contributed by atoms with van der Waals surface area (Å²) in [5, 5.41) is 8.51. The number of fused-ring (bicyclic) bond motifs is 1. The van der Waals surface area contributed by atoms with E-state index in [0.717, 1.165) is 17.2 Å². The Kier molecular flexibility index (Phi) is 2.93. The van der Waals surface area contributed by atoms with Gasteiger partial charge in [0.05, 0.1) is 0 Å². The van der Waals surface area contributed by atoms with E-state index < -0.39 is 12.0 Å². The Balaban J connectivity index is 2.32. The van der Waals surface area contributed by atoms with Crippen LogP contribution in [0.5, 0.6) is 0 Å². The van der Waals surface area contributed by atoms with Crippen molar-refractivity contribution in [1.29, 1.82) is 0 Å². The highest BCUT2D eigenvalue weighted by Gasteiger charge is 2.07. The van der Waals surface area contributed by atoms with Gasteiger partial charge in [-0.05, 0) is 17.7 Å². The van der Waals surface area contributed by atoms with Crippen molar-refractivity contribution in [3.8, 4) is 0 Å². The van der Waals surface area contributed by atoms with Crippen molar-refractivity contribution in [2.75, 3.05) is 0 Å². The van der Waals surface area contributed by atoms with Gasteiger partial charge in [-0.25, -0.2) is 9.78 Å². The number of benzene rings is 1. The summed E-state index contributed by atoms with van der Waals surface area (Å²) in [6, 6.07) is 4.90. The van der Waals surface area contributed by atoms with Gasteiger partial charge in [0, 0.05) is 19.0 Å². The van der Waals surface area contributed by atoms with Crippen LogP contribution < -0.4 is 5.73 Å². The first-order valence-electron chi connectivity index (χ1n) is 5.10. The highest BCUT2D eigenvalue weighted by Crippen LogP contribution is 2.20. The van der Waals surface area contributed by atoms with E-state index in [1.165, 1.54) is 6.08 Å². The number of nitrogens with two attached hydrogens (primary N) is 1. The van der Waals surface area contributed by atoms with Crippen molar-refractivity contribution in [1.82, 2.24) is 4.98 Å². The molecule has 0 aliphatic heterocycles. The molecule has 0 saturated carbocycles. The molecule has 5 nitrogen and oxygen atoms in total. The topological polar surface area (TPSA) is 89.3 Å². The summed E-state index contributed by atoms with van der Waals surface area (Å²) in [4.78, 5) is 14.6. The zero-order chi connectivity index (χ0) is 12.4. The van der Waals surface area contributed by atoms with E-state index in [2.05, 4.69) is 4.98 Å². The number of carbonyl (C=O) groups is 1. The van der Waals surface area contributed by atoms with E-state index in [-0.39, 0.29) is 0 Å². The summed E-state index contributed by atoms with van der Waals surface area (Å²) in [6.45, 7) is 1.77. The fourth-order valence-corrected chi connectivity index (χ4v) is 1.56. The smallest absolute Gasteiger partial charge is 0.328 e. The lowest BCUT2D eigenvalue weighted by atomic mass is 10.1. The van der Waals surface area contributed by atoms with Crippen LogP contribution in [0.3, 0.4) is 0 Å². The Morgan fingerprint density at radius 3 is 3.06 bits per heavy atom. The van der Waals surface area contributed by atoms with E-state index in [1.807, 2.05) is 0 Å². The molecule has 0 amide bonds. The second-order valence-corrected chi connectivity index (χ2v) is 3.68. The maximum atomic E-state index is 10.4. The maximum absolute atomic E-state index is 10.4. The molecular weight excluding hydrogens is 220 g/mol. The molecule has 0 fully saturated rings. The summed E-state index contributed by atoms with van der Waals surface area (Å²) in [5.74, 6) is -0.425. The number of rotatable bonds is 3.